The van der Waals surface area contributed by atoms with E-state index in [0.29, 0.717) is 6.42 Å². The Morgan fingerprint density at radius 3 is 2.76 bits per heavy atom. The van der Waals surface area contributed by atoms with Gasteiger partial charge in [-0.15, -0.1) is 0 Å². The number of hydrazine groups is 1. The molecule has 1 aromatic heterocycles. The Labute approximate surface area is 102 Å². The summed E-state index contributed by atoms with van der Waals surface area (Å²) in [6, 6.07) is 5.62. The molecule has 0 bridgehead atoms. The molecule has 0 radical (unpaired) electrons. The molecule has 0 spiro atoms. The van der Waals surface area contributed by atoms with Crippen LogP contribution in [-0.2, 0) is 6.42 Å². The number of rotatable bonds is 4. The molecular weight excluding hydrogens is 242 g/mol. The number of benzene rings is 1. The normalized spacial score (nSPS) is 12.6. The summed E-state index contributed by atoms with van der Waals surface area (Å²) >= 11 is 1.56. The van der Waals surface area contributed by atoms with Crippen LogP contribution in [0, 0.1) is 11.6 Å². The SMILES string of the molecule is NNC(Cc1ccsc1)c1cccc(F)c1F. The molecule has 0 fully saturated rings. The van der Waals surface area contributed by atoms with Crippen LogP contribution < -0.4 is 11.3 Å². The molecule has 1 unspecified atom stereocenters. The van der Waals surface area contributed by atoms with Crippen LogP contribution >= 0.6 is 11.3 Å². The van der Waals surface area contributed by atoms with Crippen molar-refractivity contribution >= 4 is 11.3 Å². The minimum absolute atomic E-state index is 0.249. The molecule has 90 valence electrons. The van der Waals surface area contributed by atoms with Crippen LogP contribution in [0.3, 0.4) is 0 Å². The lowest BCUT2D eigenvalue weighted by Crippen LogP contribution is -2.30. The van der Waals surface area contributed by atoms with Gasteiger partial charge in [-0.2, -0.15) is 11.3 Å². The molecule has 0 aliphatic carbocycles. The lowest BCUT2D eigenvalue weighted by Gasteiger charge is -2.16. The van der Waals surface area contributed by atoms with Crippen LogP contribution in [0.15, 0.2) is 35.0 Å². The van der Waals surface area contributed by atoms with Gasteiger partial charge in [0.1, 0.15) is 0 Å². The third-order valence-corrected chi connectivity index (χ3v) is 3.31. The van der Waals surface area contributed by atoms with E-state index in [-0.39, 0.29) is 5.56 Å². The monoisotopic (exact) mass is 254 g/mol. The van der Waals surface area contributed by atoms with Crippen molar-refractivity contribution in [3.05, 3.63) is 57.8 Å². The molecule has 0 aliphatic heterocycles. The summed E-state index contributed by atoms with van der Waals surface area (Å²) in [6.07, 6.45) is 0.528. The summed E-state index contributed by atoms with van der Waals surface area (Å²) in [5, 5.41) is 3.90. The molecule has 2 nitrogen and oxygen atoms in total. The van der Waals surface area contributed by atoms with E-state index in [1.165, 1.54) is 12.1 Å². The number of nitrogens with one attached hydrogen (secondary N) is 1. The van der Waals surface area contributed by atoms with Crippen molar-refractivity contribution < 1.29 is 8.78 Å². The van der Waals surface area contributed by atoms with Gasteiger partial charge in [0.05, 0.1) is 6.04 Å². The Morgan fingerprint density at radius 1 is 1.29 bits per heavy atom. The summed E-state index contributed by atoms with van der Waals surface area (Å²) in [4.78, 5) is 0. The summed E-state index contributed by atoms with van der Waals surface area (Å²) in [7, 11) is 0. The second kappa shape index (κ2) is 5.35. The molecule has 17 heavy (non-hydrogen) atoms. The van der Waals surface area contributed by atoms with Gasteiger partial charge in [0.2, 0.25) is 0 Å². The van der Waals surface area contributed by atoms with Crippen molar-refractivity contribution in [2.75, 3.05) is 0 Å². The maximum Gasteiger partial charge on any atom is 0.163 e. The molecule has 1 aromatic carbocycles. The third-order valence-electron chi connectivity index (χ3n) is 2.58. The van der Waals surface area contributed by atoms with E-state index in [1.807, 2.05) is 16.8 Å². The summed E-state index contributed by atoms with van der Waals surface area (Å²) in [6.45, 7) is 0. The van der Waals surface area contributed by atoms with Crippen molar-refractivity contribution in [1.29, 1.82) is 0 Å². The van der Waals surface area contributed by atoms with Crippen LogP contribution in [0.4, 0.5) is 8.78 Å². The first-order valence-corrected chi connectivity index (χ1v) is 6.07. The fourth-order valence-electron chi connectivity index (χ4n) is 1.69. The molecule has 1 atom stereocenters. The maximum atomic E-state index is 13.6. The van der Waals surface area contributed by atoms with E-state index in [4.69, 9.17) is 5.84 Å². The Bertz CT molecular complexity index is 485. The minimum atomic E-state index is -0.854. The highest BCUT2D eigenvalue weighted by Crippen LogP contribution is 2.23. The topological polar surface area (TPSA) is 38.0 Å². The van der Waals surface area contributed by atoms with E-state index >= 15 is 0 Å². The molecule has 0 saturated heterocycles. The van der Waals surface area contributed by atoms with E-state index < -0.39 is 17.7 Å². The first-order valence-electron chi connectivity index (χ1n) is 5.13. The second-order valence-electron chi connectivity index (χ2n) is 3.70. The Kier molecular flexibility index (Phi) is 3.83. The van der Waals surface area contributed by atoms with Gasteiger partial charge in [0.15, 0.2) is 11.6 Å². The van der Waals surface area contributed by atoms with Gasteiger partial charge >= 0.3 is 0 Å². The number of thiophene rings is 1. The van der Waals surface area contributed by atoms with Gasteiger partial charge in [-0.25, -0.2) is 8.78 Å². The molecule has 0 aliphatic rings. The van der Waals surface area contributed by atoms with E-state index in [0.717, 1.165) is 11.6 Å². The zero-order valence-corrected chi connectivity index (χ0v) is 9.81. The molecule has 2 aromatic rings. The summed E-state index contributed by atoms with van der Waals surface area (Å²) in [5.41, 5.74) is 3.81. The van der Waals surface area contributed by atoms with E-state index in [2.05, 4.69) is 5.43 Å². The second-order valence-corrected chi connectivity index (χ2v) is 4.48. The smallest absolute Gasteiger partial charge is 0.163 e. The first kappa shape index (κ1) is 12.2. The maximum absolute atomic E-state index is 13.6. The number of hydrogen-bond acceptors (Lipinski definition) is 3. The molecular formula is C12H12F2N2S. The number of halogens is 2. The van der Waals surface area contributed by atoms with Crippen LogP contribution in [0.25, 0.3) is 0 Å². The fourth-order valence-corrected chi connectivity index (χ4v) is 2.37. The van der Waals surface area contributed by atoms with Crippen LogP contribution in [0.1, 0.15) is 17.2 Å². The molecule has 2 rings (SSSR count). The Morgan fingerprint density at radius 2 is 2.12 bits per heavy atom. The van der Waals surface area contributed by atoms with Crippen LogP contribution in [-0.4, -0.2) is 0 Å². The van der Waals surface area contributed by atoms with Crippen molar-refractivity contribution in [2.24, 2.45) is 5.84 Å². The van der Waals surface area contributed by atoms with Crippen molar-refractivity contribution in [3.63, 3.8) is 0 Å². The fraction of sp³-hybridized carbons (Fsp3) is 0.167. The average Bonchev–Trinajstić information content (AvgIpc) is 2.83. The van der Waals surface area contributed by atoms with E-state index in [9.17, 15) is 8.78 Å². The predicted octanol–water partition coefficient (Wildman–Crippen LogP) is 2.77. The lowest BCUT2D eigenvalue weighted by atomic mass is 10.0. The number of nitrogens with two attached hydrogens (primary N) is 1. The molecule has 0 saturated carbocycles. The molecule has 1 heterocycles. The predicted molar refractivity (Wildman–Crippen MR) is 64.4 cm³/mol. The summed E-state index contributed by atoms with van der Waals surface area (Å²) in [5.74, 6) is 3.71. The standard InChI is InChI=1S/C12H12F2N2S/c13-10-3-1-2-9(12(10)14)11(16-15)6-8-4-5-17-7-8/h1-5,7,11,16H,6,15H2. The van der Waals surface area contributed by atoms with Gasteiger partial charge in [0, 0.05) is 5.56 Å². The van der Waals surface area contributed by atoms with Crippen molar-refractivity contribution in [1.82, 2.24) is 5.43 Å². The van der Waals surface area contributed by atoms with Gasteiger partial charge in [-0.1, -0.05) is 12.1 Å². The highest BCUT2D eigenvalue weighted by atomic mass is 32.1. The Hall–Kier alpha value is -1.30. The van der Waals surface area contributed by atoms with Crippen LogP contribution in [0.5, 0.6) is 0 Å². The van der Waals surface area contributed by atoms with Gasteiger partial charge in [-0.3, -0.25) is 11.3 Å². The average molecular weight is 254 g/mol. The summed E-state index contributed by atoms with van der Waals surface area (Å²) < 4.78 is 26.7. The first-order chi connectivity index (χ1) is 8.22. The minimum Gasteiger partial charge on any atom is -0.271 e. The van der Waals surface area contributed by atoms with Crippen molar-refractivity contribution in [3.8, 4) is 0 Å². The number of hydrogen-bond donors (Lipinski definition) is 2. The van der Waals surface area contributed by atoms with Gasteiger partial charge < -0.3 is 0 Å². The van der Waals surface area contributed by atoms with Crippen LogP contribution in [0.2, 0.25) is 0 Å². The lowest BCUT2D eigenvalue weighted by molar-refractivity contribution is 0.464. The zero-order chi connectivity index (χ0) is 12.3. The third kappa shape index (κ3) is 2.69. The molecule has 0 amide bonds. The zero-order valence-electron chi connectivity index (χ0n) is 8.99. The highest BCUT2D eigenvalue weighted by Gasteiger charge is 2.17. The van der Waals surface area contributed by atoms with Gasteiger partial charge in [-0.05, 0) is 34.9 Å². The van der Waals surface area contributed by atoms with Gasteiger partial charge in [0.25, 0.3) is 0 Å². The quantitative estimate of drug-likeness (QED) is 0.650. The van der Waals surface area contributed by atoms with E-state index in [1.54, 1.807) is 11.3 Å². The largest absolute Gasteiger partial charge is 0.271 e. The molecule has 3 N–H and O–H groups in total. The highest BCUT2D eigenvalue weighted by molar-refractivity contribution is 7.07. The van der Waals surface area contributed by atoms with Crippen molar-refractivity contribution in [2.45, 2.75) is 12.5 Å². The Balaban J connectivity index is 2.26. The molecule has 5 heteroatoms.